The molecule has 132 valence electrons. The zero-order chi connectivity index (χ0) is 16.1. The van der Waals surface area contributed by atoms with Gasteiger partial charge in [0.2, 0.25) is 0 Å². The summed E-state index contributed by atoms with van der Waals surface area (Å²) in [4.78, 5) is 9.76. The molecule has 0 aromatic rings. The van der Waals surface area contributed by atoms with Crippen LogP contribution in [0.5, 0.6) is 0 Å². The SMILES string of the molecule is CCNC(=NCC1(O)CCOCC1)N1CCC(N2CCCC2)C1. The summed E-state index contributed by atoms with van der Waals surface area (Å²) in [6.45, 7) is 9.37. The Bertz CT molecular complexity index is 403. The molecule has 3 saturated heterocycles. The number of hydrogen-bond acceptors (Lipinski definition) is 4. The lowest BCUT2D eigenvalue weighted by Gasteiger charge is -2.31. The molecule has 0 radical (unpaired) electrons. The summed E-state index contributed by atoms with van der Waals surface area (Å²) < 4.78 is 5.35. The first-order valence-corrected chi connectivity index (χ1v) is 9.28. The molecule has 6 heteroatoms. The van der Waals surface area contributed by atoms with Gasteiger partial charge in [0.1, 0.15) is 0 Å². The second-order valence-corrected chi connectivity index (χ2v) is 7.14. The van der Waals surface area contributed by atoms with E-state index in [1.54, 1.807) is 0 Å². The third-order valence-corrected chi connectivity index (χ3v) is 5.40. The Morgan fingerprint density at radius 3 is 2.70 bits per heavy atom. The topological polar surface area (TPSA) is 60.3 Å². The molecule has 6 nitrogen and oxygen atoms in total. The Labute approximate surface area is 139 Å². The van der Waals surface area contributed by atoms with Gasteiger partial charge in [-0.05, 0) is 39.3 Å². The molecule has 0 saturated carbocycles. The molecule has 1 unspecified atom stereocenters. The van der Waals surface area contributed by atoms with Crippen molar-refractivity contribution in [3.8, 4) is 0 Å². The molecule has 0 aromatic carbocycles. The van der Waals surface area contributed by atoms with Crippen LogP contribution >= 0.6 is 0 Å². The predicted octanol–water partition coefficient (Wildman–Crippen LogP) is 0.664. The average Bonchev–Trinajstić information content (AvgIpc) is 3.23. The van der Waals surface area contributed by atoms with Crippen molar-refractivity contribution in [2.24, 2.45) is 4.99 Å². The minimum atomic E-state index is -0.688. The van der Waals surface area contributed by atoms with Gasteiger partial charge in [-0.2, -0.15) is 0 Å². The number of guanidine groups is 1. The third kappa shape index (κ3) is 4.37. The third-order valence-electron chi connectivity index (χ3n) is 5.40. The lowest BCUT2D eigenvalue weighted by molar-refractivity contribution is -0.0566. The van der Waals surface area contributed by atoms with E-state index in [1.807, 2.05) is 0 Å². The number of likely N-dealkylation sites (tertiary alicyclic amines) is 2. The molecule has 0 aromatic heterocycles. The molecule has 3 aliphatic heterocycles. The highest BCUT2D eigenvalue weighted by Gasteiger charge is 2.32. The van der Waals surface area contributed by atoms with E-state index in [2.05, 4.69) is 22.0 Å². The first-order chi connectivity index (χ1) is 11.2. The van der Waals surface area contributed by atoms with E-state index in [0.717, 1.165) is 25.6 Å². The van der Waals surface area contributed by atoms with Crippen LogP contribution in [-0.4, -0.2) is 85.0 Å². The van der Waals surface area contributed by atoms with Gasteiger partial charge < -0.3 is 20.1 Å². The van der Waals surface area contributed by atoms with E-state index in [4.69, 9.17) is 9.73 Å². The van der Waals surface area contributed by atoms with E-state index in [-0.39, 0.29) is 0 Å². The van der Waals surface area contributed by atoms with Crippen LogP contribution in [-0.2, 0) is 4.74 Å². The van der Waals surface area contributed by atoms with E-state index in [0.29, 0.717) is 38.6 Å². The molecule has 0 amide bonds. The van der Waals surface area contributed by atoms with Crippen molar-refractivity contribution < 1.29 is 9.84 Å². The maximum atomic E-state index is 10.6. The molecule has 0 bridgehead atoms. The molecule has 2 N–H and O–H groups in total. The fourth-order valence-electron chi connectivity index (χ4n) is 3.90. The maximum Gasteiger partial charge on any atom is 0.194 e. The standard InChI is InChI=1S/C17H32N4O2/c1-2-18-16(19-14-17(22)6-11-23-12-7-17)21-10-5-15(13-21)20-8-3-4-9-20/h15,22H,2-14H2,1H3,(H,18,19). The number of rotatable bonds is 4. The van der Waals surface area contributed by atoms with Crippen LogP contribution in [0.2, 0.25) is 0 Å². The van der Waals surface area contributed by atoms with Gasteiger partial charge in [-0.3, -0.25) is 9.89 Å². The predicted molar refractivity (Wildman–Crippen MR) is 91.8 cm³/mol. The smallest absolute Gasteiger partial charge is 0.194 e. The van der Waals surface area contributed by atoms with Crippen LogP contribution in [0, 0.1) is 0 Å². The molecule has 3 heterocycles. The largest absolute Gasteiger partial charge is 0.388 e. The highest BCUT2D eigenvalue weighted by atomic mass is 16.5. The molecular weight excluding hydrogens is 292 g/mol. The number of nitrogens with zero attached hydrogens (tertiary/aromatic N) is 3. The maximum absolute atomic E-state index is 10.6. The lowest BCUT2D eigenvalue weighted by atomic mass is 9.95. The lowest BCUT2D eigenvalue weighted by Crippen LogP contribution is -2.45. The molecule has 3 fully saturated rings. The van der Waals surface area contributed by atoms with Crippen molar-refractivity contribution in [2.75, 3.05) is 52.5 Å². The van der Waals surface area contributed by atoms with Crippen molar-refractivity contribution >= 4 is 5.96 Å². The van der Waals surface area contributed by atoms with Gasteiger partial charge >= 0.3 is 0 Å². The Kier molecular flexibility index (Phi) is 5.77. The van der Waals surface area contributed by atoms with Crippen molar-refractivity contribution in [3.05, 3.63) is 0 Å². The van der Waals surface area contributed by atoms with Gasteiger partial charge in [0, 0.05) is 51.7 Å². The molecule has 23 heavy (non-hydrogen) atoms. The second kappa shape index (κ2) is 7.81. The van der Waals surface area contributed by atoms with Crippen molar-refractivity contribution in [3.63, 3.8) is 0 Å². The number of hydrogen-bond donors (Lipinski definition) is 2. The van der Waals surface area contributed by atoms with E-state index < -0.39 is 5.60 Å². The van der Waals surface area contributed by atoms with Gasteiger partial charge in [0.05, 0.1) is 12.1 Å². The number of nitrogens with one attached hydrogen (secondary N) is 1. The quantitative estimate of drug-likeness (QED) is 0.588. The fraction of sp³-hybridized carbons (Fsp3) is 0.941. The second-order valence-electron chi connectivity index (χ2n) is 7.14. The summed E-state index contributed by atoms with van der Waals surface area (Å²) in [6.07, 6.45) is 5.29. The highest BCUT2D eigenvalue weighted by Crippen LogP contribution is 2.22. The fourth-order valence-corrected chi connectivity index (χ4v) is 3.90. The molecule has 3 aliphatic rings. The molecule has 1 atom stereocenters. The van der Waals surface area contributed by atoms with Crippen LogP contribution < -0.4 is 5.32 Å². The van der Waals surface area contributed by atoms with Gasteiger partial charge in [0.15, 0.2) is 5.96 Å². The van der Waals surface area contributed by atoms with E-state index in [9.17, 15) is 5.11 Å². The normalized spacial score (nSPS) is 29.2. The van der Waals surface area contributed by atoms with E-state index >= 15 is 0 Å². The molecule has 3 rings (SSSR count). The average molecular weight is 324 g/mol. The zero-order valence-corrected chi connectivity index (χ0v) is 14.5. The summed E-state index contributed by atoms with van der Waals surface area (Å²) in [5, 5.41) is 14.0. The minimum Gasteiger partial charge on any atom is -0.388 e. The van der Waals surface area contributed by atoms with Crippen LogP contribution in [0.15, 0.2) is 4.99 Å². The van der Waals surface area contributed by atoms with Crippen LogP contribution in [0.25, 0.3) is 0 Å². The van der Waals surface area contributed by atoms with Crippen molar-refractivity contribution in [2.45, 2.75) is 50.7 Å². The van der Waals surface area contributed by atoms with Gasteiger partial charge in [-0.1, -0.05) is 0 Å². The van der Waals surface area contributed by atoms with Crippen molar-refractivity contribution in [1.82, 2.24) is 15.1 Å². The van der Waals surface area contributed by atoms with Gasteiger partial charge in [0.25, 0.3) is 0 Å². The van der Waals surface area contributed by atoms with Crippen LogP contribution in [0.4, 0.5) is 0 Å². The van der Waals surface area contributed by atoms with Crippen LogP contribution in [0.1, 0.15) is 39.0 Å². The van der Waals surface area contributed by atoms with Crippen molar-refractivity contribution in [1.29, 1.82) is 0 Å². The first-order valence-electron chi connectivity index (χ1n) is 9.28. The van der Waals surface area contributed by atoms with Gasteiger partial charge in [-0.25, -0.2) is 0 Å². The van der Waals surface area contributed by atoms with Crippen LogP contribution in [0.3, 0.4) is 0 Å². The zero-order valence-electron chi connectivity index (χ0n) is 14.5. The summed E-state index contributed by atoms with van der Waals surface area (Å²) in [5.74, 6) is 0.967. The summed E-state index contributed by atoms with van der Waals surface area (Å²) in [6, 6.07) is 0.674. The Morgan fingerprint density at radius 1 is 1.26 bits per heavy atom. The Hall–Kier alpha value is -0.850. The first kappa shape index (κ1) is 17.0. The Balaban J connectivity index is 1.58. The molecular formula is C17H32N4O2. The number of ether oxygens (including phenoxy) is 1. The summed E-state index contributed by atoms with van der Waals surface area (Å²) >= 11 is 0. The Morgan fingerprint density at radius 2 is 2.00 bits per heavy atom. The summed E-state index contributed by atoms with van der Waals surface area (Å²) in [7, 11) is 0. The molecule has 0 aliphatic carbocycles. The minimum absolute atomic E-state index is 0.476. The number of aliphatic imine (C=N–C) groups is 1. The highest BCUT2D eigenvalue weighted by molar-refractivity contribution is 5.80. The summed E-state index contributed by atoms with van der Waals surface area (Å²) in [5.41, 5.74) is -0.688. The monoisotopic (exact) mass is 324 g/mol. The van der Waals surface area contributed by atoms with E-state index in [1.165, 1.54) is 32.4 Å². The molecule has 0 spiro atoms. The number of aliphatic hydroxyl groups is 1. The van der Waals surface area contributed by atoms with Gasteiger partial charge in [-0.15, -0.1) is 0 Å².